The second-order valence-corrected chi connectivity index (χ2v) is 7.04. The molecule has 0 bridgehead atoms. The van der Waals surface area contributed by atoms with Gasteiger partial charge in [0.15, 0.2) is 0 Å². The molecule has 1 saturated carbocycles. The zero-order valence-electron chi connectivity index (χ0n) is 12.7. The van der Waals surface area contributed by atoms with E-state index in [4.69, 9.17) is 11.6 Å². The first-order valence-electron chi connectivity index (χ1n) is 7.78. The normalized spacial score (nSPS) is 26.6. The van der Waals surface area contributed by atoms with E-state index < -0.39 is 17.1 Å². The number of piperidine rings is 1. The lowest BCUT2D eigenvalue weighted by atomic mass is 9.66. The third kappa shape index (κ3) is 2.83. The lowest BCUT2D eigenvalue weighted by Gasteiger charge is -2.51. The highest BCUT2D eigenvalue weighted by molar-refractivity contribution is 6.29. The number of halogens is 1. The first-order valence-corrected chi connectivity index (χ1v) is 8.15. The first-order chi connectivity index (χ1) is 10.9. The molecular weight excluding hydrogens is 322 g/mol. The Balaban J connectivity index is 1.92. The number of nitrogens with zero attached hydrogens (tertiary/aromatic N) is 3. The van der Waals surface area contributed by atoms with Gasteiger partial charge in [0.05, 0.1) is 18.5 Å². The molecule has 3 rings (SSSR count). The second-order valence-electron chi connectivity index (χ2n) is 6.65. The minimum atomic E-state index is -1.12. The molecule has 2 heterocycles. The number of carboxylic acid groups (broad SMARTS) is 1. The summed E-state index contributed by atoms with van der Waals surface area (Å²) in [4.78, 5) is 28.7. The lowest BCUT2D eigenvalue weighted by Crippen LogP contribution is -2.62. The van der Waals surface area contributed by atoms with Gasteiger partial charge in [-0.1, -0.05) is 24.4 Å². The van der Waals surface area contributed by atoms with E-state index in [1.165, 1.54) is 21.9 Å². The van der Waals surface area contributed by atoms with Gasteiger partial charge in [-0.2, -0.15) is 0 Å². The predicted octanol–water partition coefficient (Wildman–Crippen LogP) is 1.57. The van der Waals surface area contributed by atoms with Crippen molar-refractivity contribution in [1.82, 2.24) is 14.5 Å². The molecule has 0 unspecified atom stereocenters. The summed E-state index contributed by atoms with van der Waals surface area (Å²) < 4.78 is 1.36. The van der Waals surface area contributed by atoms with Crippen LogP contribution in [-0.2, 0) is 6.54 Å². The third-order valence-electron chi connectivity index (χ3n) is 5.39. The van der Waals surface area contributed by atoms with Crippen LogP contribution in [0.25, 0.3) is 0 Å². The van der Waals surface area contributed by atoms with Crippen molar-refractivity contribution in [2.45, 2.75) is 44.2 Å². The van der Waals surface area contributed by atoms with Crippen LogP contribution < -0.4 is 5.56 Å². The summed E-state index contributed by atoms with van der Waals surface area (Å²) in [6, 6.07) is 1.22. The summed E-state index contributed by atoms with van der Waals surface area (Å²) >= 11 is 5.71. The Morgan fingerprint density at radius 1 is 1.35 bits per heavy atom. The Morgan fingerprint density at radius 3 is 2.65 bits per heavy atom. The van der Waals surface area contributed by atoms with Gasteiger partial charge in [-0.05, 0) is 19.3 Å². The Hall–Kier alpha value is -1.60. The highest BCUT2D eigenvalue weighted by atomic mass is 35.5. The second kappa shape index (κ2) is 5.79. The minimum absolute atomic E-state index is 0.115. The molecule has 1 atom stereocenters. The van der Waals surface area contributed by atoms with E-state index in [1.54, 1.807) is 0 Å². The van der Waals surface area contributed by atoms with Gasteiger partial charge in [0.1, 0.15) is 5.15 Å². The quantitative estimate of drug-likeness (QED) is 0.796. The van der Waals surface area contributed by atoms with Crippen LogP contribution in [0.3, 0.4) is 0 Å². The molecule has 8 heteroatoms. The Morgan fingerprint density at radius 2 is 2.04 bits per heavy atom. The van der Waals surface area contributed by atoms with Crippen LogP contribution in [0.1, 0.15) is 32.1 Å². The van der Waals surface area contributed by atoms with Gasteiger partial charge in [-0.3, -0.25) is 9.36 Å². The number of carbonyl (C=O) groups is 1. The van der Waals surface area contributed by atoms with Gasteiger partial charge in [-0.25, -0.2) is 9.78 Å². The van der Waals surface area contributed by atoms with Gasteiger partial charge in [0, 0.05) is 24.6 Å². The van der Waals surface area contributed by atoms with Gasteiger partial charge in [0.2, 0.25) is 0 Å². The van der Waals surface area contributed by atoms with Crippen molar-refractivity contribution in [3.05, 3.63) is 27.9 Å². The Kier molecular flexibility index (Phi) is 4.10. The standard InChI is InChI=1S/C15H20ClN3O4/c16-11-7-12(20)19(10-17-11)9-15(23)5-6-18(13(21)22)8-14(15)3-1-2-4-14/h7,10,23H,1-6,8-9H2,(H,21,22)/t15-/m0/s1. The van der Waals surface area contributed by atoms with Crippen LogP contribution in [0.5, 0.6) is 0 Å². The topological polar surface area (TPSA) is 95.7 Å². The van der Waals surface area contributed by atoms with E-state index in [1.807, 2.05) is 0 Å². The van der Waals surface area contributed by atoms with Crippen molar-refractivity contribution in [2.75, 3.05) is 13.1 Å². The smallest absolute Gasteiger partial charge is 0.407 e. The summed E-state index contributed by atoms with van der Waals surface area (Å²) in [7, 11) is 0. The molecule has 0 aromatic carbocycles. The average Bonchev–Trinajstić information content (AvgIpc) is 2.95. The number of amides is 1. The van der Waals surface area contributed by atoms with Crippen molar-refractivity contribution in [1.29, 1.82) is 0 Å². The largest absolute Gasteiger partial charge is 0.465 e. The van der Waals surface area contributed by atoms with Crippen LogP contribution in [0.15, 0.2) is 17.2 Å². The van der Waals surface area contributed by atoms with Gasteiger partial charge >= 0.3 is 6.09 Å². The fourth-order valence-electron chi connectivity index (χ4n) is 4.07. The molecule has 2 fully saturated rings. The lowest BCUT2D eigenvalue weighted by molar-refractivity contribution is -0.137. The molecule has 126 valence electrons. The molecule has 1 aromatic heterocycles. The molecule has 1 spiro atoms. The fourth-order valence-corrected chi connectivity index (χ4v) is 4.20. The number of aromatic nitrogens is 2. The van der Waals surface area contributed by atoms with E-state index >= 15 is 0 Å². The predicted molar refractivity (Wildman–Crippen MR) is 83.6 cm³/mol. The molecule has 1 saturated heterocycles. The maximum absolute atomic E-state index is 12.1. The summed E-state index contributed by atoms with van der Waals surface area (Å²) in [5, 5.41) is 20.7. The Labute approximate surface area is 138 Å². The molecule has 2 aliphatic rings. The molecule has 7 nitrogen and oxygen atoms in total. The number of likely N-dealkylation sites (tertiary alicyclic amines) is 1. The van der Waals surface area contributed by atoms with Crippen molar-refractivity contribution in [2.24, 2.45) is 5.41 Å². The van der Waals surface area contributed by atoms with Gasteiger partial charge in [-0.15, -0.1) is 0 Å². The van der Waals surface area contributed by atoms with Crippen LogP contribution in [-0.4, -0.2) is 49.4 Å². The molecule has 0 radical (unpaired) electrons. The monoisotopic (exact) mass is 341 g/mol. The number of hydrogen-bond donors (Lipinski definition) is 2. The summed E-state index contributed by atoms with van der Waals surface area (Å²) in [5.41, 5.74) is -1.93. The number of aliphatic hydroxyl groups is 1. The van der Waals surface area contributed by atoms with E-state index in [9.17, 15) is 19.8 Å². The third-order valence-corrected chi connectivity index (χ3v) is 5.59. The molecule has 1 aliphatic carbocycles. The Bertz CT molecular complexity index is 671. The molecule has 23 heavy (non-hydrogen) atoms. The summed E-state index contributed by atoms with van der Waals surface area (Å²) in [5.74, 6) is 0. The first kappa shape index (κ1) is 16.3. The highest BCUT2D eigenvalue weighted by Crippen LogP contribution is 2.51. The van der Waals surface area contributed by atoms with Gasteiger partial charge < -0.3 is 15.1 Å². The molecule has 1 amide bonds. The maximum Gasteiger partial charge on any atom is 0.407 e. The number of hydrogen-bond acceptors (Lipinski definition) is 4. The van der Waals surface area contributed by atoms with Crippen LogP contribution in [0, 0.1) is 5.41 Å². The van der Waals surface area contributed by atoms with Gasteiger partial charge in [0.25, 0.3) is 5.56 Å². The highest BCUT2D eigenvalue weighted by Gasteiger charge is 2.55. The van der Waals surface area contributed by atoms with Crippen LogP contribution in [0.2, 0.25) is 5.15 Å². The summed E-state index contributed by atoms with van der Waals surface area (Å²) in [6.07, 6.45) is 4.16. The van der Waals surface area contributed by atoms with Crippen LogP contribution in [0.4, 0.5) is 4.79 Å². The SMILES string of the molecule is O=C(O)N1CC[C@](O)(Cn2cnc(Cl)cc2=O)C2(CCCC2)C1. The van der Waals surface area contributed by atoms with Crippen molar-refractivity contribution >= 4 is 17.7 Å². The zero-order valence-corrected chi connectivity index (χ0v) is 13.5. The average molecular weight is 342 g/mol. The molecule has 1 aromatic rings. The van der Waals surface area contributed by atoms with E-state index in [0.29, 0.717) is 13.0 Å². The van der Waals surface area contributed by atoms with Crippen molar-refractivity contribution in [3.63, 3.8) is 0 Å². The van der Waals surface area contributed by atoms with E-state index in [0.717, 1.165) is 25.7 Å². The summed E-state index contributed by atoms with van der Waals surface area (Å²) in [6.45, 7) is 0.696. The van der Waals surface area contributed by atoms with Crippen molar-refractivity contribution in [3.8, 4) is 0 Å². The van der Waals surface area contributed by atoms with Crippen LogP contribution >= 0.6 is 11.6 Å². The maximum atomic E-state index is 12.1. The zero-order chi connectivity index (χ0) is 16.7. The fraction of sp³-hybridized carbons (Fsp3) is 0.667. The molecule has 2 N–H and O–H groups in total. The number of rotatable bonds is 2. The van der Waals surface area contributed by atoms with E-state index in [2.05, 4.69) is 4.98 Å². The van der Waals surface area contributed by atoms with E-state index in [-0.39, 0.29) is 23.8 Å². The van der Waals surface area contributed by atoms with Crippen molar-refractivity contribution < 1.29 is 15.0 Å². The molecule has 1 aliphatic heterocycles. The molecular formula is C15H20ClN3O4. The minimum Gasteiger partial charge on any atom is -0.465 e.